The molecule has 1 aromatic rings. The highest BCUT2D eigenvalue weighted by molar-refractivity contribution is 6.48. The fourth-order valence-electron chi connectivity index (χ4n) is 2.41. The van der Waals surface area contributed by atoms with E-state index in [2.05, 4.69) is 0 Å². The fourth-order valence-corrected chi connectivity index (χ4v) is 2.92. The SMILES string of the molecule is CC1(C)OB(C(CC(=O)O)c2cc(Cl)c(O)c(Cl)c2)OC1(C)C. The topological polar surface area (TPSA) is 76.0 Å². The Kier molecular flexibility index (Phi) is 4.93. The predicted octanol–water partition coefficient (Wildman–Crippen LogP) is 3.89. The molecule has 1 unspecified atom stereocenters. The number of rotatable bonds is 4. The van der Waals surface area contributed by atoms with Crippen LogP contribution in [0, 0.1) is 0 Å². The molecule has 1 saturated heterocycles. The molecular formula is C15H19BCl2O5. The summed E-state index contributed by atoms with van der Waals surface area (Å²) >= 11 is 11.9. The zero-order valence-corrected chi connectivity index (χ0v) is 14.9. The second-order valence-corrected chi connectivity index (χ2v) is 7.48. The second-order valence-electron chi connectivity index (χ2n) is 6.66. The highest BCUT2D eigenvalue weighted by Gasteiger charge is 2.54. The highest BCUT2D eigenvalue weighted by Crippen LogP contribution is 2.43. The van der Waals surface area contributed by atoms with Crippen molar-refractivity contribution >= 4 is 36.3 Å². The number of benzene rings is 1. The van der Waals surface area contributed by atoms with Gasteiger partial charge in [0.15, 0.2) is 5.75 Å². The molecule has 0 saturated carbocycles. The number of hydrogen-bond donors (Lipinski definition) is 2. The Labute approximate surface area is 145 Å². The molecule has 1 aliphatic heterocycles. The quantitative estimate of drug-likeness (QED) is 0.796. The molecule has 126 valence electrons. The molecule has 1 heterocycles. The average molecular weight is 361 g/mol. The van der Waals surface area contributed by atoms with Crippen LogP contribution in [0.5, 0.6) is 5.75 Å². The van der Waals surface area contributed by atoms with Gasteiger partial charge in [-0.3, -0.25) is 4.79 Å². The van der Waals surface area contributed by atoms with Crippen LogP contribution in [0.4, 0.5) is 0 Å². The molecule has 0 radical (unpaired) electrons. The molecule has 1 aromatic carbocycles. The van der Waals surface area contributed by atoms with E-state index < -0.39 is 30.1 Å². The summed E-state index contributed by atoms with van der Waals surface area (Å²) in [6.45, 7) is 7.56. The molecule has 2 N–H and O–H groups in total. The molecule has 1 fully saturated rings. The van der Waals surface area contributed by atoms with Crippen LogP contribution in [0.15, 0.2) is 12.1 Å². The van der Waals surface area contributed by atoms with Crippen molar-refractivity contribution in [1.82, 2.24) is 0 Å². The molecule has 0 amide bonds. The number of phenolic OH excluding ortho intramolecular Hbond substituents is 1. The number of aromatic hydroxyl groups is 1. The van der Waals surface area contributed by atoms with E-state index in [4.69, 9.17) is 32.5 Å². The Balaban J connectivity index is 2.41. The molecular weight excluding hydrogens is 342 g/mol. The summed E-state index contributed by atoms with van der Waals surface area (Å²) in [6, 6.07) is 2.98. The van der Waals surface area contributed by atoms with Gasteiger partial charge in [-0.2, -0.15) is 0 Å². The van der Waals surface area contributed by atoms with Crippen LogP contribution >= 0.6 is 23.2 Å². The smallest absolute Gasteiger partial charge is 0.466 e. The van der Waals surface area contributed by atoms with E-state index in [1.54, 1.807) is 0 Å². The van der Waals surface area contributed by atoms with Gasteiger partial charge >= 0.3 is 13.1 Å². The highest BCUT2D eigenvalue weighted by atomic mass is 35.5. The summed E-state index contributed by atoms with van der Waals surface area (Å²) in [7, 11) is -0.757. The lowest BCUT2D eigenvalue weighted by Crippen LogP contribution is -2.41. The van der Waals surface area contributed by atoms with Crippen LogP contribution in [0.25, 0.3) is 0 Å². The minimum absolute atomic E-state index is 0.0550. The van der Waals surface area contributed by atoms with Crippen LogP contribution in [0.1, 0.15) is 45.5 Å². The molecule has 5 nitrogen and oxygen atoms in total. The second kappa shape index (κ2) is 6.17. The first-order valence-electron chi connectivity index (χ1n) is 7.20. The Hall–Kier alpha value is -0.945. The molecule has 1 aliphatic rings. The van der Waals surface area contributed by atoms with E-state index in [0.717, 1.165) is 0 Å². The van der Waals surface area contributed by atoms with Gasteiger partial charge in [0.1, 0.15) is 0 Å². The minimum Gasteiger partial charge on any atom is -0.505 e. The maximum Gasteiger partial charge on any atom is 0.466 e. The largest absolute Gasteiger partial charge is 0.505 e. The van der Waals surface area contributed by atoms with E-state index in [1.807, 2.05) is 27.7 Å². The standard InChI is InChI=1S/C15H19BCl2O5/c1-14(2)15(3,4)23-16(22-14)9(7-12(19)20)8-5-10(17)13(21)11(18)6-8/h5-6,9,21H,7H2,1-4H3,(H,19,20). The summed E-state index contributed by atoms with van der Waals surface area (Å²) < 4.78 is 11.9. The zero-order chi connectivity index (χ0) is 17.6. The molecule has 8 heteroatoms. The maximum absolute atomic E-state index is 11.3. The van der Waals surface area contributed by atoms with Crippen LogP contribution in [0.2, 0.25) is 10.0 Å². The van der Waals surface area contributed by atoms with Crippen LogP contribution in [0.3, 0.4) is 0 Å². The number of carboxylic acid groups (broad SMARTS) is 1. The number of carboxylic acids is 1. The molecule has 0 bridgehead atoms. The Bertz CT molecular complexity index is 593. The summed E-state index contributed by atoms with van der Waals surface area (Å²) in [5, 5.41) is 19.0. The lowest BCUT2D eigenvalue weighted by atomic mass is 9.66. The van der Waals surface area contributed by atoms with Crippen molar-refractivity contribution in [1.29, 1.82) is 0 Å². The van der Waals surface area contributed by atoms with Crippen LogP contribution in [-0.4, -0.2) is 34.5 Å². The van der Waals surface area contributed by atoms with Crippen molar-refractivity contribution in [2.24, 2.45) is 0 Å². The summed E-state index contributed by atoms with van der Waals surface area (Å²) in [5.74, 6) is -1.84. The first-order chi connectivity index (χ1) is 10.4. The van der Waals surface area contributed by atoms with Gasteiger partial charge in [0.25, 0.3) is 0 Å². The van der Waals surface area contributed by atoms with Crippen molar-refractivity contribution in [3.63, 3.8) is 0 Å². The number of halogens is 2. The van der Waals surface area contributed by atoms with Gasteiger partial charge < -0.3 is 19.5 Å². The molecule has 0 spiro atoms. The van der Waals surface area contributed by atoms with Crippen molar-refractivity contribution in [3.05, 3.63) is 27.7 Å². The molecule has 23 heavy (non-hydrogen) atoms. The van der Waals surface area contributed by atoms with Gasteiger partial charge in [-0.25, -0.2) is 0 Å². The molecule has 0 aliphatic carbocycles. The van der Waals surface area contributed by atoms with Gasteiger partial charge in [-0.1, -0.05) is 23.2 Å². The number of aliphatic carboxylic acids is 1. The van der Waals surface area contributed by atoms with Crippen LogP contribution < -0.4 is 0 Å². The lowest BCUT2D eigenvalue weighted by molar-refractivity contribution is -0.137. The summed E-state index contributed by atoms with van der Waals surface area (Å²) in [6.07, 6.45) is -0.214. The van der Waals surface area contributed by atoms with Crippen molar-refractivity contribution in [3.8, 4) is 5.75 Å². The summed E-state index contributed by atoms with van der Waals surface area (Å²) in [5.41, 5.74) is -0.628. The first-order valence-corrected chi connectivity index (χ1v) is 7.95. The van der Waals surface area contributed by atoms with Gasteiger partial charge in [0.2, 0.25) is 0 Å². The van der Waals surface area contributed by atoms with E-state index in [9.17, 15) is 15.0 Å². The lowest BCUT2D eigenvalue weighted by Gasteiger charge is -2.32. The fraction of sp³-hybridized carbons (Fsp3) is 0.533. The van der Waals surface area contributed by atoms with E-state index in [-0.39, 0.29) is 22.2 Å². The van der Waals surface area contributed by atoms with Gasteiger partial charge in [-0.15, -0.1) is 0 Å². The van der Waals surface area contributed by atoms with E-state index in [0.29, 0.717) is 5.56 Å². The monoisotopic (exact) mass is 360 g/mol. The Morgan fingerprint density at radius 3 is 2.00 bits per heavy atom. The van der Waals surface area contributed by atoms with Gasteiger partial charge in [0, 0.05) is 5.82 Å². The molecule has 1 atom stereocenters. The van der Waals surface area contributed by atoms with Gasteiger partial charge in [0.05, 0.1) is 27.7 Å². The molecule has 2 rings (SSSR count). The normalized spacial score (nSPS) is 20.5. The average Bonchev–Trinajstić information content (AvgIpc) is 2.61. The third-order valence-electron chi connectivity index (χ3n) is 4.46. The minimum atomic E-state index is -0.995. The number of hydrogen-bond acceptors (Lipinski definition) is 4. The summed E-state index contributed by atoms with van der Waals surface area (Å²) in [4.78, 5) is 11.3. The number of phenols is 1. The number of carbonyl (C=O) groups is 1. The van der Waals surface area contributed by atoms with Crippen LogP contribution in [-0.2, 0) is 14.1 Å². The third-order valence-corrected chi connectivity index (χ3v) is 5.04. The van der Waals surface area contributed by atoms with E-state index >= 15 is 0 Å². The Morgan fingerprint density at radius 2 is 1.61 bits per heavy atom. The van der Waals surface area contributed by atoms with E-state index in [1.165, 1.54) is 12.1 Å². The maximum atomic E-state index is 11.3. The Morgan fingerprint density at radius 1 is 1.17 bits per heavy atom. The molecule has 0 aromatic heterocycles. The first kappa shape index (κ1) is 18.4. The van der Waals surface area contributed by atoms with Crippen molar-refractivity contribution in [2.45, 2.75) is 51.1 Å². The van der Waals surface area contributed by atoms with Gasteiger partial charge in [-0.05, 0) is 45.4 Å². The predicted molar refractivity (Wildman–Crippen MR) is 89.2 cm³/mol. The third kappa shape index (κ3) is 3.60. The zero-order valence-electron chi connectivity index (χ0n) is 13.4. The van der Waals surface area contributed by atoms with Crippen molar-refractivity contribution in [2.75, 3.05) is 0 Å². The van der Waals surface area contributed by atoms with Crippen molar-refractivity contribution < 1.29 is 24.3 Å².